The second-order valence-electron chi connectivity index (χ2n) is 6.08. The molecule has 0 aromatic carbocycles. The minimum Gasteiger partial charge on any atom is -0.487 e. The Bertz CT molecular complexity index is 641. The number of aryl methyl sites for hydroxylation is 1. The van der Waals surface area contributed by atoms with E-state index in [1.54, 1.807) is 12.4 Å². The van der Waals surface area contributed by atoms with Crippen molar-refractivity contribution in [3.63, 3.8) is 0 Å². The van der Waals surface area contributed by atoms with Crippen LogP contribution in [0.25, 0.3) is 0 Å². The van der Waals surface area contributed by atoms with Crippen LogP contribution >= 0.6 is 11.6 Å². The summed E-state index contributed by atoms with van der Waals surface area (Å²) < 4.78 is 5.95. The Labute approximate surface area is 147 Å². The van der Waals surface area contributed by atoms with Gasteiger partial charge in [-0.3, -0.25) is 0 Å². The smallest absolute Gasteiger partial charge is 0.225 e. The number of hydrogen-bond acceptors (Lipinski definition) is 6. The summed E-state index contributed by atoms with van der Waals surface area (Å²) in [5, 5.41) is 0.234. The zero-order valence-corrected chi connectivity index (χ0v) is 14.8. The lowest BCUT2D eigenvalue weighted by Crippen LogP contribution is -2.39. The molecule has 2 aromatic heterocycles. The fraction of sp³-hybridized carbons (Fsp3) is 0.529. The van der Waals surface area contributed by atoms with Crippen molar-refractivity contribution in [2.75, 3.05) is 18.0 Å². The number of rotatable bonds is 5. The van der Waals surface area contributed by atoms with Crippen molar-refractivity contribution in [3.05, 3.63) is 35.6 Å². The Morgan fingerprint density at radius 3 is 2.33 bits per heavy atom. The molecule has 1 atom stereocenters. The number of piperidine rings is 1. The standard InChI is InChI=1S/C17H22ClN5O/c1-3-13-8-21-17(22-9-13)23-6-4-14(5-7-23)12(2)24-15-10-19-16(18)20-11-15/h8-12,14H,3-7H2,1-2H3. The molecule has 7 heteroatoms. The number of ether oxygens (including phenoxy) is 1. The molecule has 1 fully saturated rings. The van der Waals surface area contributed by atoms with Crippen LogP contribution in [0.2, 0.25) is 5.28 Å². The lowest BCUT2D eigenvalue weighted by atomic mass is 9.92. The fourth-order valence-corrected chi connectivity index (χ4v) is 3.03. The van der Waals surface area contributed by atoms with Gasteiger partial charge in [-0.15, -0.1) is 0 Å². The first-order valence-electron chi connectivity index (χ1n) is 8.35. The molecule has 1 aliphatic heterocycles. The molecule has 1 unspecified atom stereocenters. The van der Waals surface area contributed by atoms with E-state index in [1.165, 1.54) is 5.56 Å². The highest BCUT2D eigenvalue weighted by Crippen LogP contribution is 2.25. The third kappa shape index (κ3) is 4.12. The molecule has 0 saturated carbocycles. The van der Waals surface area contributed by atoms with Gasteiger partial charge in [0.05, 0.1) is 18.5 Å². The van der Waals surface area contributed by atoms with E-state index >= 15 is 0 Å². The summed E-state index contributed by atoms with van der Waals surface area (Å²) >= 11 is 5.70. The molecule has 1 saturated heterocycles. The number of anilines is 1. The van der Waals surface area contributed by atoms with Crippen molar-refractivity contribution >= 4 is 17.5 Å². The SMILES string of the molecule is CCc1cnc(N2CCC(C(C)Oc3cnc(Cl)nc3)CC2)nc1. The lowest BCUT2D eigenvalue weighted by molar-refractivity contribution is 0.132. The van der Waals surface area contributed by atoms with Crippen molar-refractivity contribution in [1.82, 2.24) is 19.9 Å². The second-order valence-corrected chi connectivity index (χ2v) is 6.42. The van der Waals surface area contributed by atoms with Gasteiger partial charge in [-0.25, -0.2) is 19.9 Å². The molecule has 0 spiro atoms. The van der Waals surface area contributed by atoms with Crippen LogP contribution in [-0.2, 0) is 6.42 Å². The summed E-state index contributed by atoms with van der Waals surface area (Å²) in [6, 6.07) is 0. The van der Waals surface area contributed by atoms with Crippen molar-refractivity contribution < 1.29 is 4.74 Å². The van der Waals surface area contributed by atoms with E-state index in [9.17, 15) is 0 Å². The zero-order valence-electron chi connectivity index (χ0n) is 14.0. The van der Waals surface area contributed by atoms with E-state index in [4.69, 9.17) is 16.3 Å². The van der Waals surface area contributed by atoms with Gasteiger partial charge in [0.1, 0.15) is 0 Å². The number of nitrogens with zero attached hydrogens (tertiary/aromatic N) is 5. The molecule has 0 bridgehead atoms. The van der Waals surface area contributed by atoms with Gasteiger partial charge in [-0.1, -0.05) is 6.92 Å². The number of aromatic nitrogens is 4. The third-order valence-electron chi connectivity index (χ3n) is 4.50. The predicted octanol–water partition coefficient (Wildman–Crippen LogP) is 3.17. The van der Waals surface area contributed by atoms with Crippen molar-refractivity contribution in [1.29, 1.82) is 0 Å². The van der Waals surface area contributed by atoms with E-state index in [1.807, 2.05) is 12.4 Å². The topological polar surface area (TPSA) is 64.0 Å². The van der Waals surface area contributed by atoms with Gasteiger partial charge in [0.25, 0.3) is 0 Å². The number of halogens is 1. The summed E-state index contributed by atoms with van der Waals surface area (Å²) in [7, 11) is 0. The van der Waals surface area contributed by atoms with Gasteiger partial charge < -0.3 is 9.64 Å². The van der Waals surface area contributed by atoms with E-state index in [2.05, 4.69) is 38.7 Å². The molecule has 3 heterocycles. The highest BCUT2D eigenvalue weighted by atomic mass is 35.5. The van der Waals surface area contributed by atoms with Crippen LogP contribution < -0.4 is 9.64 Å². The summed E-state index contributed by atoms with van der Waals surface area (Å²) in [6.07, 6.45) is 10.2. The second kappa shape index (κ2) is 7.75. The summed E-state index contributed by atoms with van der Waals surface area (Å²) in [4.78, 5) is 19.1. The maximum atomic E-state index is 5.95. The van der Waals surface area contributed by atoms with Crippen molar-refractivity contribution in [2.45, 2.75) is 39.2 Å². The molecule has 1 aliphatic rings. The molecular weight excluding hydrogens is 326 g/mol. The van der Waals surface area contributed by atoms with Gasteiger partial charge in [-0.05, 0) is 49.3 Å². The van der Waals surface area contributed by atoms with Crippen molar-refractivity contribution in [2.24, 2.45) is 5.92 Å². The Balaban J connectivity index is 1.53. The van der Waals surface area contributed by atoms with Crippen LogP contribution in [0, 0.1) is 5.92 Å². The molecule has 0 N–H and O–H groups in total. The van der Waals surface area contributed by atoms with Crippen LogP contribution in [-0.4, -0.2) is 39.1 Å². The Morgan fingerprint density at radius 1 is 1.12 bits per heavy atom. The van der Waals surface area contributed by atoms with Crippen LogP contribution in [0.4, 0.5) is 5.95 Å². The van der Waals surface area contributed by atoms with Gasteiger partial charge in [0, 0.05) is 25.5 Å². The first-order valence-corrected chi connectivity index (χ1v) is 8.73. The minimum absolute atomic E-state index is 0.111. The molecule has 2 aromatic rings. The normalized spacial score (nSPS) is 16.9. The largest absolute Gasteiger partial charge is 0.487 e. The highest BCUT2D eigenvalue weighted by molar-refractivity contribution is 6.28. The molecule has 128 valence electrons. The molecule has 24 heavy (non-hydrogen) atoms. The van der Waals surface area contributed by atoms with Gasteiger partial charge in [0.15, 0.2) is 5.75 Å². The Morgan fingerprint density at radius 2 is 1.75 bits per heavy atom. The van der Waals surface area contributed by atoms with E-state index in [0.29, 0.717) is 11.7 Å². The average molecular weight is 348 g/mol. The van der Waals surface area contributed by atoms with E-state index in [-0.39, 0.29) is 11.4 Å². The molecule has 0 radical (unpaired) electrons. The molecule has 0 aliphatic carbocycles. The number of hydrogen-bond donors (Lipinski definition) is 0. The first-order chi connectivity index (χ1) is 11.7. The first kappa shape index (κ1) is 16.9. The van der Waals surface area contributed by atoms with E-state index in [0.717, 1.165) is 38.3 Å². The average Bonchev–Trinajstić information content (AvgIpc) is 2.64. The maximum Gasteiger partial charge on any atom is 0.225 e. The maximum absolute atomic E-state index is 5.95. The monoisotopic (exact) mass is 347 g/mol. The summed E-state index contributed by atoms with van der Waals surface area (Å²) in [6.45, 7) is 6.10. The molecular formula is C17H22ClN5O. The van der Waals surface area contributed by atoms with Gasteiger partial charge in [-0.2, -0.15) is 0 Å². The quantitative estimate of drug-likeness (QED) is 0.774. The fourth-order valence-electron chi connectivity index (χ4n) is 2.93. The highest BCUT2D eigenvalue weighted by Gasteiger charge is 2.26. The van der Waals surface area contributed by atoms with Gasteiger partial charge >= 0.3 is 0 Å². The minimum atomic E-state index is 0.111. The van der Waals surface area contributed by atoms with Gasteiger partial charge in [0.2, 0.25) is 11.2 Å². The Kier molecular flexibility index (Phi) is 5.45. The van der Waals surface area contributed by atoms with Crippen LogP contribution in [0.5, 0.6) is 5.75 Å². The van der Waals surface area contributed by atoms with Crippen LogP contribution in [0.3, 0.4) is 0 Å². The van der Waals surface area contributed by atoms with E-state index < -0.39 is 0 Å². The predicted molar refractivity (Wildman–Crippen MR) is 93.5 cm³/mol. The van der Waals surface area contributed by atoms with Crippen LogP contribution in [0.1, 0.15) is 32.3 Å². The lowest BCUT2D eigenvalue weighted by Gasteiger charge is -2.34. The summed E-state index contributed by atoms with van der Waals surface area (Å²) in [5.74, 6) is 1.98. The van der Waals surface area contributed by atoms with Crippen molar-refractivity contribution in [3.8, 4) is 5.75 Å². The zero-order chi connectivity index (χ0) is 16.9. The van der Waals surface area contributed by atoms with Crippen LogP contribution in [0.15, 0.2) is 24.8 Å². The molecule has 3 rings (SSSR count). The molecule has 6 nitrogen and oxygen atoms in total. The Hall–Kier alpha value is -1.95. The third-order valence-corrected chi connectivity index (χ3v) is 4.70. The molecule has 0 amide bonds. The summed E-state index contributed by atoms with van der Waals surface area (Å²) in [5.41, 5.74) is 1.17.